The molecule has 9 heteroatoms. The zero-order valence-electron chi connectivity index (χ0n) is 18.3. The number of hydrogen-bond acceptors (Lipinski definition) is 7. The van der Waals surface area contributed by atoms with E-state index in [4.69, 9.17) is 4.74 Å². The number of aromatic amines is 1. The summed E-state index contributed by atoms with van der Waals surface area (Å²) in [6, 6.07) is 6.94. The second-order valence-corrected chi connectivity index (χ2v) is 7.98. The SMILES string of the molecule is COc1cc(-c2c[nH]n(-c3ccc(C(O)NCCCN4CCCCC4)cn3)c2=O)ccn1. The first-order valence-electron chi connectivity index (χ1n) is 11.1. The highest BCUT2D eigenvalue weighted by molar-refractivity contribution is 5.62. The maximum absolute atomic E-state index is 12.9. The van der Waals surface area contributed by atoms with Crippen LogP contribution in [0.2, 0.25) is 0 Å². The Balaban J connectivity index is 1.36. The summed E-state index contributed by atoms with van der Waals surface area (Å²) >= 11 is 0. The number of rotatable bonds is 9. The van der Waals surface area contributed by atoms with Crippen LogP contribution in [-0.2, 0) is 0 Å². The topological polar surface area (TPSA) is 108 Å². The number of methoxy groups -OCH3 is 1. The highest BCUT2D eigenvalue weighted by Gasteiger charge is 2.14. The predicted molar refractivity (Wildman–Crippen MR) is 122 cm³/mol. The molecule has 0 amide bonds. The van der Waals surface area contributed by atoms with E-state index in [1.165, 1.54) is 44.1 Å². The van der Waals surface area contributed by atoms with Gasteiger partial charge in [0.1, 0.15) is 6.23 Å². The van der Waals surface area contributed by atoms with Gasteiger partial charge in [0, 0.05) is 30.2 Å². The van der Waals surface area contributed by atoms with Crippen LogP contribution in [0.15, 0.2) is 47.7 Å². The number of aliphatic hydroxyl groups excluding tert-OH is 1. The fourth-order valence-electron chi connectivity index (χ4n) is 3.97. The van der Waals surface area contributed by atoms with Crippen molar-refractivity contribution in [3.8, 4) is 22.8 Å². The van der Waals surface area contributed by atoms with Gasteiger partial charge in [-0.3, -0.25) is 15.2 Å². The standard InChI is InChI=1S/C23H30N6O3/c1-32-21-14-17(8-10-24-21)19-16-27-29(23(19)31)20-7-6-18(15-26-20)22(30)25-9-5-13-28-11-3-2-4-12-28/h6-8,10,14-16,22,25,27,30H,2-5,9,11-13H2,1H3. The summed E-state index contributed by atoms with van der Waals surface area (Å²) in [4.78, 5) is 23.8. The van der Waals surface area contributed by atoms with Crippen LogP contribution in [0, 0.1) is 0 Å². The quantitative estimate of drug-likeness (QED) is 0.347. The van der Waals surface area contributed by atoms with Crippen LogP contribution in [0.3, 0.4) is 0 Å². The zero-order valence-corrected chi connectivity index (χ0v) is 18.3. The summed E-state index contributed by atoms with van der Waals surface area (Å²) in [6.07, 6.45) is 8.92. The monoisotopic (exact) mass is 438 g/mol. The van der Waals surface area contributed by atoms with Gasteiger partial charge in [0.2, 0.25) is 5.88 Å². The first-order valence-corrected chi connectivity index (χ1v) is 11.1. The van der Waals surface area contributed by atoms with Crippen molar-refractivity contribution in [2.24, 2.45) is 0 Å². The third-order valence-corrected chi connectivity index (χ3v) is 5.78. The molecule has 0 saturated carbocycles. The van der Waals surface area contributed by atoms with E-state index in [9.17, 15) is 9.90 Å². The third kappa shape index (κ3) is 5.24. The maximum atomic E-state index is 12.9. The first-order chi connectivity index (χ1) is 15.7. The molecule has 3 aromatic heterocycles. The number of nitrogens with zero attached hydrogens (tertiary/aromatic N) is 4. The largest absolute Gasteiger partial charge is 0.481 e. The van der Waals surface area contributed by atoms with E-state index in [0.29, 0.717) is 28.4 Å². The lowest BCUT2D eigenvalue weighted by Crippen LogP contribution is -2.32. The molecule has 0 aromatic carbocycles. The van der Waals surface area contributed by atoms with Crippen LogP contribution in [0.1, 0.15) is 37.5 Å². The maximum Gasteiger partial charge on any atom is 0.280 e. The van der Waals surface area contributed by atoms with Crippen molar-refractivity contribution in [3.63, 3.8) is 0 Å². The molecule has 1 unspecified atom stereocenters. The van der Waals surface area contributed by atoms with Gasteiger partial charge in [-0.25, -0.2) is 14.6 Å². The highest BCUT2D eigenvalue weighted by atomic mass is 16.5. The van der Waals surface area contributed by atoms with E-state index >= 15 is 0 Å². The number of ether oxygens (including phenoxy) is 1. The van der Waals surface area contributed by atoms with E-state index in [-0.39, 0.29) is 5.56 Å². The molecule has 170 valence electrons. The van der Waals surface area contributed by atoms with Gasteiger partial charge in [-0.05, 0) is 69.2 Å². The van der Waals surface area contributed by atoms with Gasteiger partial charge in [0.15, 0.2) is 5.82 Å². The Kier molecular flexibility index (Phi) is 7.31. The van der Waals surface area contributed by atoms with Gasteiger partial charge < -0.3 is 14.7 Å². The fourth-order valence-corrected chi connectivity index (χ4v) is 3.97. The van der Waals surface area contributed by atoms with Crippen LogP contribution >= 0.6 is 0 Å². The Labute approximate surface area is 187 Å². The second-order valence-electron chi connectivity index (χ2n) is 7.98. The number of hydrogen-bond donors (Lipinski definition) is 3. The molecule has 9 nitrogen and oxygen atoms in total. The fraction of sp³-hybridized carbons (Fsp3) is 0.435. The average Bonchev–Trinajstić information content (AvgIpc) is 3.23. The zero-order chi connectivity index (χ0) is 22.3. The van der Waals surface area contributed by atoms with Crippen LogP contribution < -0.4 is 15.6 Å². The van der Waals surface area contributed by atoms with Crippen LogP contribution in [0.4, 0.5) is 0 Å². The van der Waals surface area contributed by atoms with Crippen molar-refractivity contribution >= 4 is 0 Å². The summed E-state index contributed by atoms with van der Waals surface area (Å²) < 4.78 is 6.50. The lowest BCUT2D eigenvalue weighted by Gasteiger charge is -2.26. The Morgan fingerprint density at radius 1 is 1.22 bits per heavy atom. The lowest BCUT2D eigenvalue weighted by atomic mass is 10.1. The summed E-state index contributed by atoms with van der Waals surface area (Å²) in [6.45, 7) is 4.15. The number of piperidine rings is 1. The van der Waals surface area contributed by atoms with E-state index in [1.54, 1.807) is 42.9 Å². The van der Waals surface area contributed by atoms with Crippen LogP contribution in [0.5, 0.6) is 5.88 Å². The molecule has 0 spiro atoms. The molecule has 1 aliphatic rings. The minimum absolute atomic E-state index is 0.227. The lowest BCUT2D eigenvalue weighted by molar-refractivity contribution is 0.135. The molecule has 0 radical (unpaired) electrons. The molecule has 1 saturated heterocycles. The van der Waals surface area contributed by atoms with Crippen molar-refractivity contribution in [1.82, 2.24) is 30.0 Å². The number of pyridine rings is 2. The normalized spacial score (nSPS) is 15.6. The molecule has 1 atom stereocenters. The summed E-state index contributed by atoms with van der Waals surface area (Å²) in [7, 11) is 1.53. The molecule has 0 bridgehead atoms. The van der Waals surface area contributed by atoms with Crippen LogP contribution in [0.25, 0.3) is 16.9 Å². The molecule has 1 fully saturated rings. The average molecular weight is 439 g/mol. The molecule has 1 aliphatic heterocycles. The van der Waals surface area contributed by atoms with Crippen molar-refractivity contribution < 1.29 is 9.84 Å². The molecule has 3 aromatic rings. The van der Waals surface area contributed by atoms with E-state index in [2.05, 4.69) is 25.3 Å². The molecule has 32 heavy (non-hydrogen) atoms. The van der Waals surface area contributed by atoms with Crippen molar-refractivity contribution in [2.45, 2.75) is 31.9 Å². The van der Waals surface area contributed by atoms with Crippen molar-refractivity contribution in [1.29, 1.82) is 0 Å². The summed E-state index contributed by atoms with van der Waals surface area (Å²) in [5, 5.41) is 16.5. The Bertz CT molecular complexity index is 1060. The molecule has 4 rings (SSSR count). The van der Waals surface area contributed by atoms with E-state index < -0.39 is 6.23 Å². The van der Waals surface area contributed by atoms with Gasteiger partial charge in [-0.15, -0.1) is 0 Å². The van der Waals surface area contributed by atoms with Crippen LogP contribution in [-0.4, -0.2) is 63.0 Å². The minimum Gasteiger partial charge on any atom is -0.481 e. The number of nitrogens with one attached hydrogen (secondary N) is 2. The molecular weight excluding hydrogens is 408 g/mol. The summed E-state index contributed by atoms with van der Waals surface area (Å²) in [5.41, 5.74) is 1.63. The molecule has 0 aliphatic carbocycles. The van der Waals surface area contributed by atoms with Gasteiger partial charge >= 0.3 is 0 Å². The predicted octanol–water partition coefficient (Wildman–Crippen LogP) is 2.09. The van der Waals surface area contributed by atoms with Gasteiger partial charge in [0.05, 0.1) is 12.7 Å². The van der Waals surface area contributed by atoms with Crippen molar-refractivity contribution in [3.05, 3.63) is 58.8 Å². The second kappa shape index (κ2) is 10.5. The molecule has 4 heterocycles. The van der Waals surface area contributed by atoms with Gasteiger partial charge in [0.25, 0.3) is 5.56 Å². The first kappa shape index (κ1) is 22.2. The number of likely N-dealkylation sites (tertiary alicyclic amines) is 1. The number of aromatic nitrogens is 4. The van der Waals surface area contributed by atoms with Crippen molar-refractivity contribution in [2.75, 3.05) is 33.3 Å². The number of aliphatic hydroxyl groups is 1. The van der Waals surface area contributed by atoms with E-state index in [0.717, 1.165) is 19.5 Å². The Morgan fingerprint density at radius 2 is 2.06 bits per heavy atom. The molecule has 3 N–H and O–H groups in total. The smallest absolute Gasteiger partial charge is 0.280 e. The summed E-state index contributed by atoms with van der Waals surface area (Å²) in [5.74, 6) is 0.887. The third-order valence-electron chi connectivity index (χ3n) is 5.78. The highest BCUT2D eigenvalue weighted by Crippen LogP contribution is 2.19. The molecular formula is C23H30N6O3. The Hall–Kier alpha value is -3.01. The van der Waals surface area contributed by atoms with E-state index in [1.807, 2.05) is 0 Å². The van der Waals surface area contributed by atoms with Gasteiger partial charge in [-0.1, -0.05) is 6.42 Å². The Morgan fingerprint density at radius 3 is 2.81 bits per heavy atom. The van der Waals surface area contributed by atoms with Gasteiger partial charge in [-0.2, -0.15) is 0 Å². The number of H-pyrrole nitrogens is 1. The minimum atomic E-state index is -0.793.